The molecule has 1 aromatic heterocycles. The van der Waals surface area contributed by atoms with Crippen molar-refractivity contribution >= 4 is 11.3 Å². The first-order valence-corrected chi connectivity index (χ1v) is 7.10. The van der Waals surface area contributed by atoms with Gasteiger partial charge in [0, 0.05) is 6.04 Å². The Labute approximate surface area is 101 Å². The number of aromatic nitrogens is 2. The molecule has 0 spiro atoms. The molecule has 16 heavy (non-hydrogen) atoms. The summed E-state index contributed by atoms with van der Waals surface area (Å²) in [6.07, 6.45) is 5.74. The van der Waals surface area contributed by atoms with E-state index in [1.807, 2.05) is 6.92 Å². The molecular formula is C12H19N3S. The van der Waals surface area contributed by atoms with Crippen molar-refractivity contribution < 1.29 is 0 Å². The van der Waals surface area contributed by atoms with Gasteiger partial charge in [0.05, 0.1) is 6.04 Å². The second-order valence-electron chi connectivity index (χ2n) is 5.33. The highest BCUT2D eigenvalue weighted by Crippen LogP contribution is 2.45. The van der Waals surface area contributed by atoms with Crippen LogP contribution in [0, 0.1) is 18.8 Å². The number of nitrogens with one attached hydrogen (secondary N) is 1. The minimum atomic E-state index is 0.371. The third-order valence-electron chi connectivity index (χ3n) is 4.11. The van der Waals surface area contributed by atoms with Crippen LogP contribution in [0.4, 0.5) is 0 Å². The minimum Gasteiger partial charge on any atom is -0.305 e. The van der Waals surface area contributed by atoms with Crippen molar-refractivity contribution in [3.8, 4) is 0 Å². The van der Waals surface area contributed by atoms with Crippen LogP contribution >= 0.6 is 11.3 Å². The molecule has 0 aliphatic heterocycles. The maximum Gasteiger partial charge on any atom is 0.134 e. The van der Waals surface area contributed by atoms with Crippen molar-refractivity contribution in [3.63, 3.8) is 0 Å². The van der Waals surface area contributed by atoms with Crippen LogP contribution in [0.3, 0.4) is 0 Å². The van der Waals surface area contributed by atoms with Crippen molar-refractivity contribution in [1.82, 2.24) is 15.5 Å². The van der Waals surface area contributed by atoms with Crippen molar-refractivity contribution in [2.75, 3.05) is 0 Å². The highest BCUT2D eigenvalue weighted by molar-refractivity contribution is 7.11. The topological polar surface area (TPSA) is 37.8 Å². The molecular weight excluding hydrogens is 218 g/mol. The first-order valence-electron chi connectivity index (χ1n) is 6.28. The molecule has 2 saturated carbocycles. The molecule has 3 rings (SSSR count). The fourth-order valence-electron chi connectivity index (χ4n) is 3.33. The number of fused-ring (bicyclic) bond motifs is 2. The molecule has 1 aromatic rings. The zero-order chi connectivity index (χ0) is 11.1. The Morgan fingerprint density at radius 1 is 1.31 bits per heavy atom. The SMILES string of the molecule is Cc1nnc(C(C)NC2CC3CCC2C3)s1. The summed E-state index contributed by atoms with van der Waals surface area (Å²) in [4.78, 5) is 0. The van der Waals surface area contributed by atoms with Crippen LogP contribution in [0.1, 0.15) is 48.7 Å². The summed E-state index contributed by atoms with van der Waals surface area (Å²) in [6, 6.07) is 1.11. The first-order chi connectivity index (χ1) is 7.72. The summed E-state index contributed by atoms with van der Waals surface area (Å²) in [7, 11) is 0. The van der Waals surface area contributed by atoms with Gasteiger partial charge >= 0.3 is 0 Å². The molecule has 4 unspecified atom stereocenters. The quantitative estimate of drug-likeness (QED) is 0.878. The second kappa shape index (κ2) is 4.08. The number of hydrogen-bond donors (Lipinski definition) is 1. The molecule has 2 fully saturated rings. The minimum absolute atomic E-state index is 0.371. The number of rotatable bonds is 3. The monoisotopic (exact) mass is 237 g/mol. The summed E-state index contributed by atoms with van der Waals surface area (Å²) < 4.78 is 0. The van der Waals surface area contributed by atoms with Crippen LogP contribution in [0.2, 0.25) is 0 Å². The van der Waals surface area contributed by atoms with E-state index in [9.17, 15) is 0 Å². The Morgan fingerprint density at radius 3 is 2.75 bits per heavy atom. The molecule has 0 saturated heterocycles. The molecule has 2 aliphatic carbocycles. The standard InChI is InChI=1S/C12H19N3S/c1-7(12-15-14-8(2)16-12)13-11-6-9-3-4-10(11)5-9/h7,9-11,13H,3-6H2,1-2H3. The largest absolute Gasteiger partial charge is 0.305 e. The van der Waals surface area contributed by atoms with E-state index in [0.717, 1.165) is 27.9 Å². The summed E-state index contributed by atoms with van der Waals surface area (Å²) in [5.74, 6) is 1.94. The third-order valence-corrected chi connectivity index (χ3v) is 5.14. The van der Waals surface area contributed by atoms with E-state index < -0.39 is 0 Å². The Kier molecular flexibility index (Phi) is 2.72. The Hall–Kier alpha value is -0.480. The first kappa shape index (κ1) is 10.7. The van der Waals surface area contributed by atoms with Gasteiger partial charge in [-0.25, -0.2) is 0 Å². The molecule has 4 heteroatoms. The molecule has 0 amide bonds. The number of nitrogens with zero attached hydrogens (tertiary/aromatic N) is 2. The Balaban J connectivity index is 1.62. The molecule has 0 aromatic carbocycles. The van der Waals surface area contributed by atoms with Crippen LogP contribution in [-0.4, -0.2) is 16.2 Å². The normalized spacial score (nSPS) is 34.5. The van der Waals surface area contributed by atoms with Gasteiger partial charge in [0.25, 0.3) is 0 Å². The van der Waals surface area contributed by atoms with Crippen LogP contribution in [0.5, 0.6) is 0 Å². The zero-order valence-electron chi connectivity index (χ0n) is 9.94. The fraction of sp³-hybridized carbons (Fsp3) is 0.833. The summed E-state index contributed by atoms with van der Waals surface area (Å²) >= 11 is 1.71. The van der Waals surface area contributed by atoms with E-state index in [1.54, 1.807) is 11.3 Å². The lowest BCUT2D eigenvalue weighted by Crippen LogP contribution is -2.35. The highest BCUT2D eigenvalue weighted by Gasteiger charge is 2.39. The van der Waals surface area contributed by atoms with Gasteiger partial charge in [0.2, 0.25) is 0 Å². The van der Waals surface area contributed by atoms with Crippen molar-refractivity contribution in [2.45, 2.75) is 51.6 Å². The highest BCUT2D eigenvalue weighted by atomic mass is 32.1. The van der Waals surface area contributed by atoms with Crippen LogP contribution in [-0.2, 0) is 0 Å². The smallest absolute Gasteiger partial charge is 0.134 e. The maximum absolute atomic E-state index is 4.23. The van der Waals surface area contributed by atoms with E-state index in [2.05, 4.69) is 22.4 Å². The van der Waals surface area contributed by atoms with E-state index >= 15 is 0 Å². The van der Waals surface area contributed by atoms with E-state index in [-0.39, 0.29) is 0 Å². The van der Waals surface area contributed by atoms with Gasteiger partial charge in [-0.1, -0.05) is 6.42 Å². The van der Waals surface area contributed by atoms with Gasteiger partial charge in [-0.05, 0) is 44.9 Å². The van der Waals surface area contributed by atoms with E-state index in [0.29, 0.717) is 6.04 Å². The molecule has 2 aliphatic rings. The Bertz CT molecular complexity index is 376. The van der Waals surface area contributed by atoms with Gasteiger partial charge in [-0.15, -0.1) is 21.5 Å². The molecule has 4 atom stereocenters. The van der Waals surface area contributed by atoms with Crippen molar-refractivity contribution in [1.29, 1.82) is 0 Å². The predicted octanol–water partition coefficient (Wildman–Crippen LogP) is 2.69. The Morgan fingerprint density at radius 2 is 2.19 bits per heavy atom. The average Bonchev–Trinajstić information content (AvgIpc) is 2.92. The maximum atomic E-state index is 4.23. The summed E-state index contributed by atoms with van der Waals surface area (Å²) in [6.45, 7) is 4.23. The number of hydrogen-bond acceptors (Lipinski definition) is 4. The van der Waals surface area contributed by atoms with Crippen LogP contribution in [0.15, 0.2) is 0 Å². The lowest BCUT2D eigenvalue weighted by atomic mass is 9.95. The molecule has 0 radical (unpaired) electrons. The van der Waals surface area contributed by atoms with Gasteiger partial charge in [0.1, 0.15) is 10.0 Å². The van der Waals surface area contributed by atoms with Crippen LogP contribution < -0.4 is 5.32 Å². The molecule has 88 valence electrons. The number of aryl methyl sites for hydroxylation is 1. The zero-order valence-corrected chi connectivity index (χ0v) is 10.8. The van der Waals surface area contributed by atoms with Crippen LogP contribution in [0.25, 0.3) is 0 Å². The van der Waals surface area contributed by atoms with Crippen molar-refractivity contribution in [3.05, 3.63) is 10.0 Å². The van der Waals surface area contributed by atoms with Gasteiger partial charge in [0.15, 0.2) is 0 Å². The van der Waals surface area contributed by atoms with E-state index in [1.165, 1.54) is 25.7 Å². The molecule has 2 bridgehead atoms. The molecule has 1 N–H and O–H groups in total. The average molecular weight is 237 g/mol. The van der Waals surface area contributed by atoms with Crippen molar-refractivity contribution in [2.24, 2.45) is 11.8 Å². The summed E-state index contributed by atoms with van der Waals surface area (Å²) in [5, 5.41) is 14.3. The summed E-state index contributed by atoms with van der Waals surface area (Å²) in [5.41, 5.74) is 0. The molecule has 3 nitrogen and oxygen atoms in total. The van der Waals surface area contributed by atoms with Gasteiger partial charge in [-0.3, -0.25) is 0 Å². The predicted molar refractivity (Wildman–Crippen MR) is 65.4 cm³/mol. The lowest BCUT2D eigenvalue weighted by Gasteiger charge is -2.25. The van der Waals surface area contributed by atoms with E-state index in [4.69, 9.17) is 0 Å². The fourth-order valence-corrected chi connectivity index (χ4v) is 4.04. The third kappa shape index (κ3) is 1.89. The molecule has 1 heterocycles. The lowest BCUT2D eigenvalue weighted by molar-refractivity contribution is 0.326. The second-order valence-corrected chi connectivity index (χ2v) is 6.54. The van der Waals surface area contributed by atoms with Gasteiger partial charge < -0.3 is 5.32 Å². The van der Waals surface area contributed by atoms with Gasteiger partial charge in [-0.2, -0.15) is 0 Å².